The van der Waals surface area contributed by atoms with Gasteiger partial charge >= 0.3 is 6.61 Å². The van der Waals surface area contributed by atoms with Gasteiger partial charge < -0.3 is 15.2 Å². The normalized spacial score (nSPS) is 14.4. The lowest BCUT2D eigenvalue weighted by Crippen LogP contribution is -2.36. The maximum Gasteiger partial charge on any atom is 0.387 e. The van der Waals surface area contributed by atoms with Gasteiger partial charge in [-0.25, -0.2) is 0 Å². The van der Waals surface area contributed by atoms with E-state index in [1.807, 2.05) is 6.92 Å². The molecule has 5 heteroatoms. The second-order valence-electron chi connectivity index (χ2n) is 4.71. The summed E-state index contributed by atoms with van der Waals surface area (Å²) in [6.45, 7) is 1.31. The highest BCUT2D eigenvalue weighted by Gasteiger charge is 2.07. The van der Waals surface area contributed by atoms with Gasteiger partial charge in [0.2, 0.25) is 0 Å². The van der Waals surface area contributed by atoms with Crippen LogP contribution in [0.15, 0.2) is 24.3 Å². The lowest BCUT2D eigenvalue weighted by molar-refractivity contribution is -0.0498. The van der Waals surface area contributed by atoms with E-state index in [1.165, 1.54) is 0 Å². The molecule has 0 aromatic heterocycles. The summed E-state index contributed by atoms with van der Waals surface area (Å²) in [5.74, 6) is 0.179. The summed E-state index contributed by atoms with van der Waals surface area (Å²) < 4.78 is 28.2. The summed E-state index contributed by atoms with van der Waals surface area (Å²) in [6.07, 6.45) is 1.76. The van der Waals surface area contributed by atoms with Crippen LogP contribution in [-0.2, 0) is 6.42 Å². The standard InChI is InChI=1S/C14H21F2NO2/c1-10(17-11(2)9-18)3-4-12-5-7-13(8-6-12)19-14(15)16/h5-8,10-11,14,17-18H,3-4,9H2,1-2H3. The van der Waals surface area contributed by atoms with Crippen LogP contribution in [0.2, 0.25) is 0 Å². The molecule has 0 radical (unpaired) electrons. The predicted octanol–water partition coefficient (Wildman–Crippen LogP) is 2.58. The first-order chi connectivity index (χ1) is 9.01. The van der Waals surface area contributed by atoms with E-state index < -0.39 is 6.61 Å². The van der Waals surface area contributed by atoms with E-state index in [2.05, 4.69) is 17.0 Å². The molecule has 0 saturated heterocycles. The molecule has 2 N–H and O–H groups in total. The van der Waals surface area contributed by atoms with Crippen LogP contribution in [0.1, 0.15) is 25.8 Å². The number of benzene rings is 1. The summed E-state index contributed by atoms with van der Waals surface area (Å²) in [7, 11) is 0. The van der Waals surface area contributed by atoms with Crippen LogP contribution in [0.25, 0.3) is 0 Å². The Labute approximate surface area is 112 Å². The zero-order chi connectivity index (χ0) is 14.3. The summed E-state index contributed by atoms with van der Waals surface area (Å²) in [4.78, 5) is 0. The van der Waals surface area contributed by atoms with Gasteiger partial charge in [-0.2, -0.15) is 8.78 Å². The SMILES string of the molecule is CC(CO)NC(C)CCc1ccc(OC(F)F)cc1. The van der Waals surface area contributed by atoms with Crippen molar-refractivity contribution in [3.8, 4) is 5.75 Å². The van der Waals surface area contributed by atoms with Gasteiger partial charge in [0.25, 0.3) is 0 Å². The average molecular weight is 273 g/mol. The summed E-state index contributed by atoms with van der Waals surface area (Å²) in [5, 5.41) is 12.2. The fraction of sp³-hybridized carbons (Fsp3) is 0.571. The first-order valence-electron chi connectivity index (χ1n) is 6.42. The van der Waals surface area contributed by atoms with E-state index in [1.54, 1.807) is 24.3 Å². The molecule has 0 bridgehead atoms. The average Bonchev–Trinajstić information content (AvgIpc) is 2.37. The van der Waals surface area contributed by atoms with Crippen LogP contribution in [0.3, 0.4) is 0 Å². The lowest BCUT2D eigenvalue weighted by atomic mass is 10.1. The first-order valence-corrected chi connectivity index (χ1v) is 6.42. The molecule has 0 amide bonds. The molecule has 1 aromatic rings. The van der Waals surface area contributed by atoms with Gasteiger partial charge in [0.15, 0.2) is 0 Å². The molecule has 0 aliphatic rings. The fourth-order valence-electron chi connectivity index (χ4n) is 1.84. The second kappa shape index (κ2) is 8.07. The molecule has 0 heterocycles. The largest absolute Gasteiger partial charge is 0.435 e. The van der Waals surface area contributed by atoms with Crippen molar-refractivity contribution in [1.82, 2.24) is 5.32 Å². The molecule has 2 atom stereocenters. The highest BCUT2D eigenvalue weighted by molar-refractivity contribution is 5.27. The molecule has 0 spiro atoms. The minimum Gasteiger partial charge on any atom is -0.435 e. The second-order valence-corrected chi connectivity index (χ2v) is 4.71. The Morgan fingerprint density at radius 1 is 1.16 bits per heavy atom. The minimum atomic E-state index is -2.78. The summed E-state index contributed by atoms with van der Waals surface area (Å²) in [5.41, 5.74) is 1.08. The quantitative estimate of drug-likeness (QED) is 0.765. The molecular formula is C14H21F2NO2. The molecule has 3 nitrogen and oxygen atoms in total. The van der Waals surface area contributed by atoms with Crippen LogP contribution in [-0.4, -0.2) is 30.4 Å². The number of halogens is 2. The van der Waals surface area contributed by atoms with Crippen molar-refractivity contribution in [2.24, 2.45) is 0 Å². The first kappa shape index (κ1) is 15.9. The zero-order valence-electron chi connectivity index (χ0n) is 11.3. The third-order valence-electron chi connectivity index (χ3n) is 2.86. The fourth-order valence-corrected chi connectivity index (χ4v) is 1.84. The number of alkyl halides is 2. The van der Waals surface area contributed by atoms with E-state index in [0.29, 0.717) is 6.04 Å². The number of aliphatic hydroxyl groups is 1. The van der Waals surface area contributed by atoms with Gasteiger partial charge in [-0.1, -0.05) is 12.1 Å². The number of hydrogen-bond donors (Lipinski definition) is 2. The van der Waals surface area contributed by atoms with Crippen molar-refractivity contribution >= 4 is 0 Å². The number of nitrogens with one attached hydrogen (secondary N) is 1. The Kier molecular flexibility index (Phi) is 6.73. The topological polar surface area (TPSA) is 41.5 Å². The molecule has 0 saturated carbocycles. The van der Waals surface area contributed by atoms with Crippen molar-refractivity contribution in [3.63, 3.8) is 0 Å². The van der Waals surface area contributed by atoms with Gasteiger partial charge in [-0.15, -0.1) is 0 Å². The van der Waals surface area contributed by atoms with Crippen molar-refractivity contribution in [2.75, 3.05) is 6.61 Å². The number of hydrogen-bond acceptors (Lipinski definition) is 3. The van der Waals surface area contributed by atoms with Crippen LogP contribution in [0, 0.1) is 0 Å². The summed E-state index contributed by atoms with van der Waals surface area (Å²) in [6, 6.07) is 7.06. The van der Waals surface area contributed by atoms with Crippen molar-refractivity contribution in [3.05, 3.63) is 29.8 Å². The van der Waals surface area contributed by atoms with E-state index in [4.69, 9.17) is 5.11 Å². The van der Waals surface area contributed by atoms with Crippen molar-refractivity contribution in [2.45, 2.75) is 45.4 Å². The third-order valence-corrected chi connectivity index (χ3v) is 2.86. The van der Waals surface area contributed by atoms with Crippen molar-refractivity contribution in [1.29, 1.82) is 0 Å². The number of aryl methyl sites for hydroxylation is 1. The highest BCUT2D eigenvalue weighted by atomic mass is 19.3. The van der Waals surface area contributed by atoms with Crippen LogP contribution >= 0.6 is 0 Å². The van der Waals surface area contributed by atoms with Gasteiger partial charge in [0.1, 0.15) is 5.75 Å². The molecule has 0 fully saturated rings. The molecule has 0 aliphatic carbocycles. The Balaban J connectivity index is 2.37. The molecular weight excluding hydrogens is 252 g/mol. The van der Waals surface area contributed by atoms with Gasteiger partial charge in [0.05, 0.1) is 6.61 Å². The predicted molar refractivity (Wildman–Crippen MR) is 70.5 cm³/mol. The number of ether oxygens (including phenoxy) is 1. The van der Waals surface area contributed by atoms with Crippen LogP contribution in [0.5, 0.6) is 5.75 Å². The Morgan fingerprint density at radius 2 is 1.79 bits per heavy atom. The maximum atomic E-state index is 12.0. The van der Waals surface area contributed by atoms with E-state index in [9.17, 15) is 8.78 Å². The van der Waals surface area contributed by atoms with Gasteiger partial charge in [-0.05, 0) is 44.4 Å². The lowest BCUT2D eigenvalue weighted by Gasteiger charge is -2.18. The van der Waals surface area contributed by atoms with Gasteiger partial charge in [-0.3, -0.25) is 0 Å². The minimum absolute atomic E-state index is 0.0804. The van der Waals surface area contributed by atoms with Gasteiger partial charge in [0, 0.05) is 12.1 Å². The third kappa shape index (κ3) is 6.50. The molecule has 19 heavy (non-hydrogen) atoms. The number of rotatable bonds is 8. The Morgan fingerprint density at radius 3 is 2.32 bits per heavy atom. The monoisotopic (exact) mass is 273 g/mol. The highest BCUT2D eigenvalue weighted by Crippen LogP contribution is 2.16. The molecule has 1 rings (SSSR count). The molecule has 2 unspecified atom stereocenters. The number of aliphatic hydroxyl groups excluding tert-OH is 1. The Hall–Kier alpha value is -1.20. The maximum absolute atomic E-state index is 12.0. The van der Waals surface area contributed by atoms with E-state index in [-0.39, 0.29) is 18.4 Å². The molecule has 1 aromatic carbocycles. The zero-order valence-corrected chi connectivity index (χ0v) is 11.3. The van der Waals surface area contributed by atoms with Crippen LogP contribution in [0.4, 0.5) is 8.78 Å². The summed E-state index contributed by atoms with van der Waals surface area (Å²) >= 11 is 0. The van der Waals surface area contributed by atoms with Crippen molar-refractivity contribution < 1.29 is 18.6 Å². The van der Waals surface area contributed by atoms with Crippen LogP contribution < -0.4 is 10.1 Å². The molecule has 0 aliphatic heterocycles. The smallest absolute Gasteiger partial charge is 0.387 e. The van der Waals surface area contributed by atoms with E-state index >= 15 is 0 Å². The molecule has 108 valence electrons. The van der Waals surface area contributed by atoms with E-state index in [0.717, 1.165) is 18.4 Å². The Bertz CT molecular complexity index is 357.